The second-order valence-corrected chi connectivity index (χ2v) is 5.60. The summed E-state index contributed by atoms with van der Waals surface area (Å²) in [5, 5.41) is 3.46. The summed E-state index contributed by atoms with van der Waals surface area (Å²) in [5.74, 6) is 5.75. The summed E-state index contributed by atoms with van der Waals surface area (Å²) in [4.78, 5) is 14.3. The lowest BCUT2D eigenvalue weighted by Gasteiger charge is -2.23. The van der Waals surface area contributed by atoms with E-state index in [1.807, 2.05) is 35.2 Å². The minimum atomic E-state index is -0.0231. The minimum Gasteiger partial charge on any atom is -0.327 e. The number of benzene rings is 1. The molecule has 2 aliphatic rings. The van der Waals surface area contributed by atoms with E-state index in [0.717, 1.165) is 31.5 Å². The topological polar surface area (TPSA) is 32.3 Å². The lowest BCUT2D eigenvalue weighted by molar-refractivity contribution is -0.126. The third kappa shape index (κ3) is 3.40. The molecule has 2 fully saturated rings. The SMILES string of the molecule is O=C(C#Cc1ccccc1)N(CC1CCCN1)C1CC1. The van der Waals surface area contributed by atoms with Crippen molar-refractivity contribution in [3.05, 3.63) is 35.9 Å². The number of hydrogen-bond donors (Lipinski definition) is 1. The van der Waals surface area contributed by atoms with Crippen LogP contribution in [0.15, 0.2) is 30.3 Å². The number of nitrogens with zero attached hydrogens (tertiary/aromatic N) is 1. The Bertz CT molecular complexity index is 519. The van der Waals surface area contributed by atoms with Crippen LogP contribution in [0.1, 0.15) is 31.2 Å². The molecule has 3 nitrogen and oxygen atoms in total. The Morgan fingerprint density at radius 2 is 2.05 bits per heavy atom. The predicted octanol–water partition coefficient (Wildman–Crippen LogP) is 1.78. The van der Waals surface area contributed by atoms with E-state index in [4.69, 9.17) is 0 Å². The van der Waals surface area contributed by atoms with Crippen molar-refractivity contribution in [2.24, 2.45) is 0 Å². The van der Waals surface area contributed by atoms with Crippen LogP contribution in [0.2, 0.25) is 0 Å². The van der Waals surface area contributed by atoms with Crippen molar-refractivity contribution in [2.45, 2.75) is 37.8 Å². The van der Waals surface area contributed by atoms with Gasteiger partial charge in [0, 0.05) is 30.1 Å². The molecule has 1 atom stereocenters. The second-order valence-electron chi connectivity index (χ2n) is 5.60. The second kappa shape index (κ2) is 6.11. The molecule has 1 saturated carbocycles. The van der Waals surface area contributed by atoms with Crippen molar-refractivity contribution in [1.29, 1.82) is 0 Å². The average Bonchev–Trinajstić information content (AvgIpc) is 3.20. The molecular formula is C17H20N2O. The van der Waals surface area contributed by atoms with Crippen molar-refractivity contribution >= 4 is 5.91 Å². The Hall–Kier alpha value is -1.79. The molecule has 1 aliphatic heterocycles. The molecule has 0 bridgehead atoms. The number of carbonyl (C=O) groups excluding carboxylic acids is 1. The maximum Gasteiger partial charge on any atom is 0.299 e. The Morgan fingerprint density at radius 1 is 1.25 bits per heavy atom. The summed E-state index contributed by atoms with van der Waals surface area (Å²) in [5.41, 5.74) is 0.899. The molecule has 1 saturated heterocycles. The summed E-state index contributed by atoms with van der Waals surface area (Å²) in [7, 11) is 0. The van der Waals surface area contributed by atoms with Gasteiger partial charge in [-0.15, -0.1) is 0 Å². The fourth-order valence-corrected chi connectivity index (χ4v) is 2.65. The highest BCUT2D eigenvalue weighted by Crippen LogP contribution is 2.27. The van der Waals surface area contributed by atoms with Crippen LogP contribution in [-0.2, 0) is 4.79 Å². The Kier molecular flexibility index (Phi) is 4.03. The van der Waals surface area contributed by atoms with Crippen LogP contribution in [0.25, 0.3) is 0 Å². The van der Waals surface area contributed by atoms with E-state index in [-0.39, 0.29) is 5.91 Å². The van der Waals surface area contributed by atoms with Crippen molar-refractivity contribution < 1.29 is 4.79 Å². The zero-order valence-electron chi connectivity index (χ0n) is 11.6. The van der Waals surface area contributed by atoms with Gasteiger partial charge < -0.3 is 10.2 Å². The molecule has 3 rings (SSSR count). The zero-order valence-corrected chi connectivity index (χ0v) is 11.6. The molecule has 1 aromatic carbocycles. The summed E-state index contributed by atoms with van der Waals surface area (Å²) in [6.07, 6.45) is 4.65. The van der Waals surface area contributed by atoms with Gasteiger partial charge in [-0.2, -0.15) is 0 Å². The van der Waals surface area contributed by atoms with Gasteiger partial charge in [0.25, 0.3) is 5.91 Å². The highest BCUT2D eigenvalue weighted by atomic mass is 16.2. The normalized spacial score (nSPS) is 21.1. The van der Waals surface area contributed by atoms with Gasteiger partial charge >= 0.3 is 0 Å². The van der Waals surface area contributed by atoms with E-state index < -0.39 is 0 Å². The van der Waals surface area contributed by atoms with E-state index >= 15 is 0 Å². The van der Waals surface area contributed by atoms with E-state index in [0.29, 0.717) is 12.1 Å². The van der Waals surface area contributed by atoms with Crippen molar-refractivity contribution in [1.82, 2.24) is 10.2 Å². The van der Waals surface area contributed by atoms with Crippen LogP contribution in [0.4, 0.5) is 0 Å². The van der Waals surface area contributed by atoms with Gasteiger partial charge in [-0.3, -0.25) is 4.79 Å². The minimum absolute atomic E-state index is 0.0231. The fourth-order valence-electron chi connectivity index (χ4n) is 2.65. The Morgan fingerprint density at radius 3 is 2.70 bits per heavy atom. The number of hydrogen-bond acceptors (Lipinski definition) is 2. The van der Waals surface area contributed by atoms with Gasteiger partial charge in [0.05, 0.1) is 0 Å². The molecular weight excluding hydrogens is 248 g/mol. The van der Waals surface area contributed by atoms with Crippen LogP contribution in [0.3, 0.4) is 0 Å². The molecule has 3 heteroatoms. The van der Waals surface area contributed by atoms with Gasteiger partial charge in [-0.25, -0.2) is 0 Å². The monoisotopic (exact) mass is 268 g/mol. The van der Waals surface area contributed by atoms with Gasteiger partial charge in [0.15, 0.2) is 0 Å². The van der Waals surface area contributed by atoms with Crippen LogP contribution in [0.5, 0.6) is 0 Å². The molecule has 0 aromatic heterocycles. The van der Waals surface area contributed by atoms with Crippen LogP contribution < -0.4 is 5.32 Å². The van der Waals surface area contributed by atoms with Gasteiger partial charge in [0.2, 0.25) is 0 Å². The van der Waals surface area contributed by atoms with Gasteiger partial charge in [-0.1, -0.05) is 24.1 Å². The molecule has 1 unspecified atom stereocenters. The maximum atomic E-state index is 12.3. The summed E-state index contributed by atoms with van der Waals surface area (Å²) < 4.78 is 0. The van der Waals surface area contributed by atoms with Crippen LogP contribution in [-0.4, -0.2) is 36.0 Å². The van der Waals surface area contributed by atoms with Crippen LogP contribution >= 0.6 is 0 Å². The standard InChI is InChI=1S/C17H20N2O/c20-17(11-8-14-5-2-1-3-6-14)19(16-9-10-16)13-15-7-4-12-18-15/h1-3,5-6,15-16,18H,4,7,9-10,12-13H2. The molecule has 1 N–H and O–H groups in total. The van der Waals surface area contributed by atoms with Gasteiger partial charge in [0.1, 0.15) is 0 Å². The third-order valence-electron chi connectivity index (χ3n) is 3.92. The van der Waals surface area contributed by atoms with Crippen molar-refractivity contribution in [3.63, 3.8) is 0 Å². The van der Waals surface area contributed by atoms with Gasteiger partial charge in [-0.05, 0) is 44.4 Å². The smallest absolute Gasteiger partial charge is 0.299 e. The average molecular weight is 268 g/mol. The van der Waals surface area contributed by atoms with Crippen molar-refractivity contribution in [3.8, 4) is 11.8 Å². The van der Waals surface area contributed by atoms with Crippen molar-refractivity contribution in [2.75, 3.05) is 13.1 Å². The first-order chi connectivity index (χ1) is 9.83. The molecule has 104 valence electrons. The lowest BCUT2D eigenvalue weighted by Crippen LogP contribution is -2.41. The molecule has 1 aliphatic carbocycles. The van der Waals surface area contributed by atoms with Crippen LogP contribution in [0, 0.1) is 11.8 Å². The molecule has 0 spiro atoms. The maximum absolute atomic E-state index is 12.3. The molecule has 1 heterocycles. The predicted molar refractivity (Wildman–Crippen MR) is 79.1 cm³/mol. The van der Waals surface area contributed by atoms with E-state index in [9.17, 15) is 4.79 Å². The number of rotatable bonds is 3. The Labute approximate surface area is 120 Å². The van der Waals surface area contributed by atoms with E-state index in [1.54, 1.807) is 0 Å². The third-order valence-corrected chi connectivity index (χ3v) is 3.92. The first-order valence-corrected chi connectivity index (χ1v) is 7.44. The molecule has 1 amide bonds. The summed E-state index contributed by atoms with van der Waals surface area (Å²) in [6, 6.07) is 10.6. The number of carbonyl (C=O) groups is 1. The largest absolute Gasteiger partial charge is 0.327 e. The number of nitrogens with one attached hydrogen (secondary N) is 1. The quantitative estimate of drug-likeness (QED) is 0.848. The summed E-state index contributed by atoms with van der Waals surface area (Å²) >= 11 is 0. The highest BCUT2D eigenvalue weighted by Gasteiger charge is 2.33. The number of amides is 1. The molecule has 1 aromatic rings. The lowest BCUT2D eigenvalue weighted by atomic mass is 10.2. The first-order valence-electron chi connectivity index (χ1n) is 7.44. The highest BCUT2D eigenvalue weighted by molar-refractivity contribution is 5.94. The Balaban J connectivity index is 1.65. The van der Waals surface area contributed by atoms with E-state index in [2.05, 4.69) is 17.2 Å². The summed E-state index contributed by atoms with van der Waals surface area (Å²) in [6.45, 7) is 1.89. The fraction of sp³-hybridized carbons (Fsp3) is 0.471. The molecule has 0 radical (unpaired) electrons. The molecule has 20 heavy (non-hydrogen) atoms. The zero-order chi connectivity index (χ0) is 13.8. The first kappa shape index (κ1) is 13.2. The van der Waals surface area contributed by atoms with E-state index in [1.165, 1.54) is 12.8 Å².